The Morgan fingerprint density at radius 3 is 2.36 bits per heavy atom. The van der Waals surface area contributed by atoms with Gasteiger partial charge in [-0.25, -0.2) is 11.1 Å². The Labute approximate surface area is 96.9 Å². The zero-order chi connectivity index (χ0) is 9.10. The third-order valence-corrected chi connectivity index (χ3v) is 2.04. The molecule has 2 aromatic rings. The fourth-order valence-corrected chi connectivity index (χ4v) is 1.36. The first kappa shape index (κ1) is 11.1. The Morgan fingerprint density at radius 1 is 0.929 bits per heavy atom. The van der Waals surface area contributed by atoms with Crippen molar-refractivity contribution in [2.24, 2.45) is 0 Å². The van der Waals surface area contributed by atoms with Gasteiger partial charge in [0.25, 0.3) is 0 Å². The minimum Gasteiger partial charge on any atom is -0.226 e. The van der Waals surface area contributed by atoms with Crippen molar-refractivity contribution >= 4 is 0 Å². The summed E-state index contributed by atoms with van der Waals surface area (Å²) in [6.07, 6.45) is 0. The summed E-state index contributed by atoms with van der Waals surface area (Å²) < 4.78 is 0. The van der Waals surface area contributed by atoms with E-state index in [9.17, 15) is 0 Å². The molecule has 1 heteroatoms. The summed E-state index contributed by atoms with van der Waals surface area (Å²) in [5, 5.41) is 0. The molecule has 0 saturated heterocycles. The molecule has 67 valence electrons. The predicted octanol–water partition coefficient (Wildman–Crippen LogP) is 3.26. The van der Waals surface area contributed by atoms with Gasteiger partial charge in [-0.2, -0.15) is 48.0 Å². The molecule has 0 heterocycles. The van der Waals surface area contributed by atoms with Crippen molar-refractivity contribution in [3.05, 3.63) is 60.2 Å². The first-order valence-corrected chi connectivity index (χ1v) is 4.32. The molecule has 0 unspecified atom stereocenters. The standard InChI is InChI=1S/C13H10.V/c1-11-7-5-6-10-13(11)12-8-3-2-4-9-12;/h2-8H,1H3;/q-2;+2. The predicted molar refractivity (Wildman–Crippen MR) is 54.3 cm³/mol. The van der Waals surface area contributed by atoms with E-state index in [1.165, 1.54) is 5.56 Å². The zero-order valence-electron chi connectivity index (χ0n) is 7.99. The summed E-state index contributed by atoms with van der Waals surface area (Å²) in [6, 6.07) is 20.4. The molecule has 0 spiro atoms. The topological polar surface area (TPSA) is 0 Å². The van der Waals surface area contributed by atoms with Gasteiger partial charge in [0.05, 0.1) is 0 Å². The average molecular weight is 217 g/mol. The summed E-state index contributed by atoms with van der Waals surface area (Å²) in [6.45, 7) is 2.09. The van der Waals surface area contributed by atoms with Crippen LogP contribution < -0.4 is 0 Å². The fourth-order valence-electron chi connectivity index (χ4n) is 1.36. The van der Waals surface area contributed by atoms with Gasteiger partial charge in [-0.3, -0.25) is 0 Å². The van der Waals surface area contributed by atoms with E-state index in [2.05, 4.69) is 31.2 Å². The van der Waals surface area contributed by atoms with Gasteiger partial charge < -0.3 is 0 Å². The minimum absolute atomic E-state index is 0. The quantitative estimate of drug-likeness (QED) is 0.643. The van der Waals surface area contributed by atoms with Gasteiger partial charge in [-0.15, -0.1) is 12.1 Å². The molecule has 0 aliphatic carbocycles. The third-order valence-electron chi connectivity index (χ3n) is 2.04. The van der Waals surface area contributed by atoms with Crippen LogP contribution in [0.4, 0.5) is 0 Å². The van der Waals surface area contributed by atoms with Crippen molar-refractivity contribution in [2.45, 2.75) is 6.92 Å². The first-order chi connectivity index (χ1) is 6.38. The smallest absolute Gasteiger partial charge is 0.226 e. The number of rotatable bonds is 1. The molecule has 0 saturated carbocycles. The number of benzene rings is 2. The molecule has 2 rings (SSSR count). The van der Waals surface area contributed by atoms with E-state index in [1.54, 1.807) is 0 Å². The molecule has 0 atom stereocenters. The van der Waals surface area contributed by atoms with E-state index < -0.39 is 0 Å². The molecule has 14 heavy (non-hydrogen) atoms. The van der Waals surface area contributed by atoms with Crippen molar-refractivity contribution in [1.29, 1.82) is 0 Å². The van der Waals surface area contributed by atoms with Crippen LogP contribution >= 0.6 is 0 Å². The van der Waals surface area contributed by atoms with Crippen LogP contribution in [0, 0.1) is 19.1 Å². The molecule has 0 fully saturated rings. The maximum Gasteiger partial charge on any atom is 2.00 e. The van der Waals surface area contributed by atoms with Crippen molar-refractivity contribution in [3.8, 4) is 11.1 Å². The maximum atomic E-state index is 3.22. The molecule has 2 aromatic carbocycles. The Kier molecular flexibility index (Phi) is 4.00. The van der Waals surface area contributed by atoms with Gasteiger partial charge in [0.15, 0.2) is 0 Å². The number of aryl methyl sites for hydroxylation is 1. The van der Waals surface area contributed by atoms with Crippen LogP contribution in [-0.2, 0) is 18.6 Å². The third kappa shape index (κ3) is 2.28. The van der Waals surface area contributed by atoms with Gasteiger partial charge in [0.2, 0.25) is 0 Å². The molecule has 0 aliphatic heterocycles. The van der Waals surface area contributed by atoms with E-state index in [1.807, 2.05) is 30.3 Å². The van der Waals surface area contributed by atoms with Crippen LogP contribution in [0.25, 0.3) is 11.1 Å². The Balaban J connectivity index is 0.000000980. The van der Waals surface area contributed by atoms with Crippen molar-refractivity contribution in [3.63, 3.8) is 0 Å². The summed E-state index contributed by atoms with van der Waals surface area (Å²) in [5.41, 5.74) is 3.49. The van der Waals surface area contributed by atoms with Gasteiger partial charge in [0, 0.05) is 0 Å². The molecule has 0 aliphatic rings. The van der Waals surface area contributed by atoms with Gasteiger partial charge in [0.1, 0.15) is 0 Å². The fraction of sp³-hybridized carbons (Fsp3) is 0.0769. The molecular formula is C13H10V. The van der Waals surface area contributed by atoms with Gasteiger partial charge >= 0.3 is 18.6 Å². The SMILES string of the molecule is Cc1ccc[c-]c1-c1[c-]cccc1.[V+2]. The van der Waals surface area contributed by atoms with Crippen LogP contribution in [0.2, 0.25) is 0 Å². The molecular weight excluding hydrogens is 207 g/mol. The summed E-state index contributed by atoms with van der Waals surface area (Å²) >= 11 is 0. The van der Waals surface area contributed by atoms with Gasteiger partial charge in [-0.1, -0.05) is 6.92 Å². The van der Waals surface area contributed by atoms with Crippen LogP contribution in [0.15, 0.2) is 42.5 Å². The Bertz CT molecular complexity index is 393. The average Bonchev–Trinajstić information content (AvgIpc) is 2.20. The van der Waals surface area contributed by atoms with E-state index in [0.717, 1.165) is 11.1 Å². The molecule has 0 bridgehead atoms. The first-order valence-electron chi connectivity index (χ1n) is 4.32. The monoisotopic (exact) mass is 217 g/mol. The van der Waals surface area contributed by atoms with Gasteiger partial charge in [-0.05, 0) is 0 Å². The summed E-state index contributed by atoms with van der Waals surface area (Å²) in [7, 11) is 0. The zero-order valence-corrected chi connectivity index (χ0v) is 9.39. The Hall–Kier alpha value is -0.976. The molecule has 0 nitrogen and oxygen atoms in total. The van der Waals surface area contributed by atoms with E-state index in [4.69, 9.17) is 0 Å². The second kappa shape index (κ2) is 5.04. The number of hydrogen-bond acceptors (Lipinski definition) is 0. The van der Waals surface area contributed by atoms with Crippen molar-refractivity contribution < 1.29 is 18.6 Å². The van der Waals surface area contributed by atoms with Crippen molar-refractivity contribution in [1.82, 2.24) is 0 Å². The van der Waals surface area contributed by atoms with Crippen LogP contribution in [0.3, 0.4) is 0 Å². The minimum atomic E-state index is 0. The normalized spacial score (nSPS) is 9.21. The summed E-state index contributed by atoms with van der Waals surface area (Å²) in [4.78, 5) is 0. The maximum absolute atomic E-state index is 3.22. The molecule has 0 N–H and O–H groups in total. The van der Waals surface area contributed by atoms with E-state index in [-0.39, 0.29) is 18.6 Å². The Morgan fingerprint density at radius 2 is 1.71 bits per heavy atom. The van der Waals surface area contributed by atoms with Crippen LogP contribution in [0.1, 0.15) is 5.56 Å². The van der Waals surface area contributed by atoms with E-state index in [0.29, 0.717) is 0 Å². The van der Waals surface area contributed by atoms with Crippen LogP contribution in [0.5, 0.6) is 0 Å². The molecule has 0 aromatic heterocycles. The molecule has 1 radical (unpaired) electrons. The van der Waals surface area contributed by atoms with E-state index >= 15 is 0 Å². The van der Waals surface area contributed by atoms with Crippen molar-refractivity contribution in [2.75, 3.05) is 0 Å². The largest absolute Gasteiger partial charge is 2.00 e. The summed E-state index contributed by atoms with van der Waals surface area (Å²) in [5.74, 6) is 0. The second-order valence-corrected chi connectivity index (χ2v) is 3.00. The van der Waals surface area contributed by atoms with Crippen LogP contribution in [-0.4, -0.2) is 0 Å². The number of hydrogen-bond donors (Lipinski definition) is 0. The second-order valence-electron chi connectivity index (χ2n) is 3.00. The molecule has 0 amide bonds.